The van der Waals surface area contributed by atoms with Crippen LogP contribution in [-0.4, -0.2) is 61.9 Å². The van der Waals surface area contributed by atoms with E-state index in [1.807, 2.05) is 13.8 Å². The van der Waals surface area contributed by atoms with Crippen LogP contribution in [0.3, 0.4) is 0 Å². The summed E-state index contributed by atoms with van der Waals surface area (Å²) in [6.45, 7) is 5.19. The lowest BCUT2D eigenvalue weighted by atomic mass is 10.0. The maximum absolute atomic E-state index is 12.9. The fourth-order valence-electron chi connectivity index (χ4n) is 3.29. The van der Waals surface area contributed by atoms with Crippen molar-refractivity contribution >= 4 is 21.8 Å². The Morgan fingerprint density at radius 1 is 1.12 bits per heavy atom. The van der Waals surface area contributed by atoms with Crippen molar-refractivity contribution in [1.82, 2.24) is 19.9 Å². The number of amides is 2. The second kappa shape index (κ2) is 10.7. The lowest BCUT2D eigenvalue weighted by Crippen LogP contribution is -2.49. The molecule has 172 valence electrons. The van der Waals surface area contributed by atoms with Crippen molar-refractivity contribution < 1.29 is 22.7 Å². The first-order valence-electron chi connectivity index (χ1n) is 10.4. The second-order valence-electron chi connectivity index (χ2n) is 7.81. The molecule has 1 aliphatic heterocycles. The van der Waals surface area contributed by atoms with Crippen LogP contribution >= 0.6 is 0 Å². The fourth-order valence-corrected chi connectivity index (χ4v) is 4.75. The van der Waals surface area contributed by atoms with Gasteiger partial charge in [0.2, 0.25) is 15.9 Å². The number of ether oxygens (including phenoxy) is 1. The zero-order valence-electron chi connectivity index (χ0n) is 18.2. The van der Waals surface area contributed by atoms with E-state index in [2.05, 4.69) is 15.6 Å². The van der Waals surface area contributed by atoms with Crippen molar-refractivity contribution in [3.05, 3.63) is 59.9 Å². The van der Waals surface area contributed by atoms with Crippen LogP contribution < -0.4 is 10.6 Å². The predicted octanol–water partition coefficient (Wildman–Crippen LogP) is 1.17. The van der Waals surface area contributed by atoms with E-state index < -0.39 is 22.0 Å². The third-order valence-electron chi connectivity index (χ3n) is 5.16. The molecule has 2 N–H and O–H groups in total. The van der Waals surface area contributed by atoms with Gasteiger partial charge in [-0.1, -0.05) is 19.9 Å². The van der Waals surface area contributed by atoms with Crippen molar-refractivity contribution in [2.75, 3.05) is 26.3 Å². The summed E-state index contributed by atoms with van der Waals surface area (Å²) in [6.07, 6.45) is 3.28. The molecule has 32 heavy (non-hydrogen) atoms. The zero-order valence-corrected chi connectivity index (χ0v) is 19.0. The third kappa shape index (κ3) is 5.90. The molecule has 10 heteroatoms. The molecule has 0 aliphatic carbocycles. The summed E-state index contributed by atoms with van der Waals surface area (Å²) in [5.74, 6) is -0.999. The first-order chi connectivity index (χ1) is 15.3. The normalized spacial score (nSPS) is 15.8. The van der Waals surface area contributed by atoms with Gasteiger partial charge in [-0.05, 0) is 41.8 Å². The Labute approximate surface area is 188 Å². The van der Waals surface area contributed by atoms with Crippen LogP contribution in [0.25, 0.3) is 0 Å². The number of pyridine rings is 1. The molecular formula is C22H28N4O5S. The van der Waals surface area contributed by atoms with Gasteiger partial charge in [-0.3, -0.25) is 14.6 Å². The molecule has 1 atom stereocenters. The number of morpholine rings is 1. The third-order valence-corrected chi connectivity index (χ3v) is 7.05. The molecule has 0 saturated carbocycles. The number of benzene rings is 1. The van der Waals surface area contributed by atoms with Crippen molar-refractivity contribution in [2.45, 2.75) is 31.3 Å². The zero-order chi connectivity index (χ0) is 23.1. The summed E-state index contributed by atoms with van der Waals surface area (Å²) >= 11 is 0. The highest BCUT2D eigenvalue weighted by Gasteiger charge is 2.28. The van der Waals surface area contributed by atoms with Gasteiger partial charge in [-0.15, -0.1) is 0 Å². The van der Waals surface area contributed by atoms with E-state index in [0.717, 1.165) is 5.56 Å². The predicted molar refractivity (Wildman–Crippen MR) is 118 cm³/mol. The lowest BCUT2D eigenvalue weighted by molar-refractivity contribution is -0.124. The smallest absolute Gasteiger partial charge is 0.251 e. The Bertz CT molecular complexity index is 1040. The highest BCUT2D eigenvalue weighted by molar-refractivity contribution is 7.89. The van der Waals surface area contributed by atoms with Gasteiger partial charge in [0.1, 0.15) is 6.04 Å². The van der Waals surface area contributed by atoms with Crippen molar-refractivity contribution in [3.8, 4) is 0 Å². The molecule has 0 spiro atoms. The Hall–Kier alpha value is -2.82. The van der Waals surface area contributed by atoms with Gasteiger partial charge in [0.25, 0.3) is 5.91 Å². The van der Waals surface area contributed by atoms with E-state index in [9.17, 15) is 18.0 Å². The van der Waals surface area contributed by atoms with E-state index >= 15 is 0 Å². The van der Waals surface area contributed by atoms with Gasteiger partial charge in [0.15, 0.2) is 0 Å². The number of aromatic nitrogens is 1. The highest BCUT2D eigenvalue weighted by Crippen LogP contribution is 2.18. The molecule has 9 nitrogen and oxygen atoms in total. The standard InChI is InChI=1S/C22H28N4O5S/c1-16(2)20(22(28)24-15-17-6-8-23-9-7-17)25-21(27)18-4-3-5-19(14-18)32(29,30)26-10-12-31-13-11-26/h3-9,14,16,20H,10-13,15H2,1-2H3,(H,24,28)(H,25,27)/t20-/m1/s1. The van der Waals surface area contributed by atoms with Crippen LogP contribution in [0.5, 0.6) is 0 Å². The fraction of sp³-hybridized carbons (Fsp3) is 0.409. The number of nitrogens with zero attached hydrogens (tertiary/aromatic N) is 2. The van der Waals surface area contributed by atoms with E-state index in [1.165, 1.54) is 28.6 Å². The van der Waals surface area contributed by atoms with Gasteiger partial charge in [-0.25, -0.2) is 8.42 Å². The van der Waals surface area contributed by atoms with Crippen LogP contribution in [0.1, 0.15) is 29.8 Å². The van der Waals surface area contributed by atoms with Gasteiger partial charge in [-0.2, -0.15) is 4.31 Å². The highest BCUT2D eigenvalue weighted by atomic mass is 32.2. The largest absolute Gasteiger partial charge is 0.379 e. The molecule has 0 radical (unpaired) electrons. The summed E-state index contributed by atoms with van der Waals surface area (Å²) in [7, 11) is -3.73. The van der Waals surface area contributed by atoms with E-state index in [0.29, 0.717) is 19.8 Å². The summed E-state index contributed by atoms with van der Waals surface area (Å²) in [5, 5.41) is 5.56. The minimum Gasteiger partial charge on any atom is -0.379 e. The number of hydrogen-bond donors (Lipinski definition) is 2. The number of hydrogen-bond acceptors (Lipinski definition) is 6. The summed E-state index contributed by atoms with van der Waals surface area (Å²) < 4.78 is 32.3. The van der Waals surface area contributed by atoms with E-state index in [4.69, 9.17) is 4.74 Å². The van der Waals surface area contributed by atoms with Gasteiger partial charge in [0.05, 0.1) is 18.1 Å². The number of rotatable bonds is 8. The number of carbonyl (C=O) groups excluding carboxylic acids is 2. The monoisotopic (exact) mass is 460 g/mol. The molecule has 0 bridgehead atoms. The maximum Gasteiger partial charge on any atom is 0.251 e. The molecule has 1 saturated heterocycles. The molecule has 3 rings (SSSR count). The molecule has 2 amide bonds. The molecule has 2 heterocycles. The van der Waals surface area contributed by atoms with Crippen LogP contribution in [0.4, 0.5) is 0 Å². The summed E-state index contributed by atoms with van der Waals surface area (Å²) in [4.78, 5) is 29.5. The Kier molecular flexibility index (Phi) is 7.94. The van der Waals surface area contributed by atoms with Gasteiger partial charge >= 0.3 is 0 Å². The topological polar surface area (TPSA) is 118 Å². The molecular weight excluding hydrogens is 432 g/mol. The van der Waals surface area contributed by atoms with Crippen molar-refractivity contribution in [1.29, 1.82) is 0 Å². The summed E-state index contributed by atoms with van der Waals surface area (Å²) in [6, 6.07) is 8.67. The van der Waals surface area contributed by atoms with E-state index in [1.54, 1.807) is 24.5 Å². The molecule has 2 aromatic rings. The minimum absolute atomic E-state index is 0.0373. The first kappa shape index (κ1) is 23.8. The molecule has 1 aliphatic rings. The quantitative estimate of drug-likeness (QED) is 0.611. The summed E-state index contributed by atoms with van der Waals surface area (Å²) in [5.41, 5.74) is 1.06. The van der Waals surface area contributed by atoms with Gasteiger partial charge in [0, 0.05) is 37.6 Å². The minimum atomic E-state index is -3.73. The van der Waals surface area contributed by atoms with E-state index in [-0.39, 0.29) is 35.4 Å². The number of carbonyl (C=O) groups is 2. The first-order valence-corrected chi connectivity index (χ1v) is 11.9. The Balaban J connectivity index is 1.70. The van der Waals surface area contributed by atoms with Crippen LogP contribution in [0.2, 0.25) is 0 Å². The molecule has 1 aromatic heterocycles. The second-order valence-corrected chi connectivity index (χ2v) is 9.75. The van der Waals surface area contributed by atoms with Crippen LogP contribution in [-0.2, 0) is 26.1 Å². The lowest BCUT2D eigenvalue weighted by Gasteiger charge is -2.26. The number of sulfonamides is 1. The van der Waals surface area contributed by atoms with Gasteiger partial charge < -0.3 is 15.4 Å². The number of nitrogens with one attached hydrogen (secondary N) is 2. The van der Waals surface area contributed by atoms with Crippen LogP contribution in [0.15, 0.2) is 53.7 Å². The Morgan fingerprint density at radius 3 is 2.47 bits per heavy atom. The van der Waals surface area contributed by atoms with Crippen molar-refractivity contribution in [2.24, 2.45) is 5.92 Å². The SMILES string of the molecule is CC(C)[C@@H](NC(=O)c1cccc(S(=O)(=O)N2CCOCC2)c1)C(=O)NCc1ccncc1. The average Bonchev–Trinajstić information content (AvgIpc) is 2.82. The van der Waals surface area contributed by atoms with Crippen LogP contribution in [0, 0.1) is 5.92 Å². The Morgan fingerprint density at radius 2 is 1.81 bits per heavy atom. The molecule has 0 unspecified atom stereocenters. The molecule has 1 fully saturated rings. The van der Waals surface area contributed by atoms with Crippen molar-refractivity contribution in [3.63, 3.8) is 0 Å². The average molecular weight is 461 g/mol. The maximum atomic E-state index is 12.9. The molecule has 1 aromatic carbocycles.